The van der Waals surface area contributed by atoms with Gasteiger partial charge in [0.2, 0.25) is 5.91 Å². The van der Waals surface area contributed by atoms with Crippen LogP contribution in [-0.2, 0) is 4.79 Å². The maximum Gasteiger partial charge on any atom is 0.235 e. The Balaban J connectivity index is 1.76. The molecule has 2 aromatic carbocycles. The van der Waals surface area contributed by atoms with Gasteiger partial charge in [0.1, 0.15) is 23.2 Å². The van der Waals surface area contributed by atoms with Crippen LogP contribution >= 0.6 is 11.8 Å². The number of nitrogens with one attached hydrogen (secondary N) is 1. The van der Waals surface area contributed by atoms with Gasteiger partial charge in [0, 0.05) is 6.92 Å². The first-order valence-corrected chi connectivity index (χ1v) is 9.32. The van der Waals surface area contributed by atoms with Crippen LogP contribution in [0, 0.1) is 0 Å². The zero-order chi connectivity index (χ0) is 18.6. The van der Waals surface area contributed by atoms with Gasteiger partial charge in [0.25, 0.3) is 0 Å². The predicted octanol–water partition coefficient (Wildman–Crippen LogP) is 3.80. The molecule has 7 heteroatoms. The molecule has 0 saturated carbocycles. The van der Waals surface area contributed by atoms with Crippen molar-refractivity contribution in [3.05, 3.63) is 84.4 Å². The summed E-state index contributed by atoms with van der Waals surface area (Å²) in [5.74, 6) is -0.187. The van der Waals surface area contributed by atoms with Crippen molar-refractivity contribution in [2.45, 2.75) is 17.2 Å². The molecule has 0 unspecified atom stereocenters. The van der Waals surface area contributed by atoms with Crippen LogP contribution in [0.4, 0.5) is 0 Å². The van der Waals surface area contributed by atoms with Crippen molar-refractivity contribution in [3.63, 3.8) is 0 Å². The highest BCUT2D eigenvalue weighted by Crippen LogP contribution is 2.41. The lowest BCUT2D eigenvalue weighted by Crippen LogP contribution is -2.19. The summed E-state index contributed by atoms with van der Waals surface area (Å²) in [4.78, 5) is 24.5. The molecule has 0 spiro atoms. The Hall–Kier alpha value is -3.19. The van der Waals surface area contributed by atoms with Gasteiger partial charge in [-0.25, -0.2) is 19.6 Å². The molecular formula is C20H17N5OS. The van der Waals surface area contributed by atoms with Gasteiger partial charge in [-0.1, -0.05) is 72.4 Å². The van der Waals surface area contributed by atoms with Crippen molar-refractivity contribution in [2.24, 2.45) is 0 Å². The van der Waals surface area contributed by atoms with Crippen LogP contribution in [-0.4, -0.2) is 25.5 Å². The van der Waals surface area contributed by atoms with E-state index in [1.165, 1.54) is 29.1 Å². The monoisotopic (exact) mass is 375 g/mol. The quantitative estimate of drug-likeness (QED) is 0.424. The van der Waals surface area contributed by atoms with E-state index in [-0.39, 0.29) is 11.2 Å². The minimum atomic E-state index is -0.187. The normalized spacial score (nSPS) is 11.0. The van der Waals surface area contributed by atoms with E-state index in [0.29, 0.717) is 11.2 Å². The van der Waals surface area contributed by atoms with Gasteiger partial charge in [0.15, 0.2) is 5.65 Å². The van der Waals surface area contributed by atoms with Crippen LogP contribution in [0.5, 0.6) is 0 Å². The van der Waals surface area contributed by atoms with Gasteiger partial charge in [-0.2, -0.15) is 0 Å². The van der Waals surface area contributed by atoms with Crippen molar-refractivity contribution in [1.29, 1.82) is 0 Å². The third-order valence-electron chi connectivity index (χ3n) is 4.01. The summed E-state index contributed by atoms with van der Waals surface area (Å²) >= 11 is 1.62. The molecule has 134 valence electrons. The standard InChI is InChI=1S/C20H17N5OS/c1-14(26)24-25-13-23-17-19(25)21-12-22-20(17)27-18(15-8-4-2-5-9-15)16-10-6-3-7-11-16/h2-13,18H,1H3,(H,24,26). The van der Waals surface area contributed by atoms with Gasteiger partial charge >= 0.3 is 0 Å². The first-order valence-electron chi connectivity index (χ1n) is 8.44. The van der Waals surface area contributed by atoms with Gasteiger partial charge in [0.05, 0.1) is 5.25 Å². The van der Waals surface area contributed by atoms with Gasteiger partial charge in [-0.15, -0.1) is 0 Å². The summed E-state index contributed by atoms with van der Waals surface area (Å²) in [6, 6.07) is 20.6. The smallest absolute Gasteiger partial charge is 0.235 e. The summed E-state index contributed by atoms with van der Waals surface area (Å²) in [5.41, 5.74) is 6.28. The maximum atomic E-state index is 11.4. The number of imidazole rings is 1. The zero-order valence-electron chi connectivity index (χ0n) is 14.6. The number of aromatic nitrogens is 4. The molecule has 0 radical (unpaired) electrons. The Morgan fingerprint density at radius 1 is 0.963 bits per heavy atom. The average molecular weight is 375 g/mol. The number of thioether (sulfide) groups is 1. The number of hydrogen-bond acceptors (Lipinski definition) is 5. The minimum absolute atomic E-state index is 0.0661. The highest BCUT2D eigenvalue weighted by atomic mass is 32.2. The summed E-state index contributed by atoms with van der Waals surface area (Å²) in [5, 5.41) is 0.832. The van der Waals surface area contributed by atoms with Crippen molar-refractivity contribution < 1.29 is 4.79 Å². The number of benzene rings is 2. The Bertz CT molecular complexity index is 1030. The van der Waals surface area contributed by atoms with Gasteiger partial charge in [-0.3, -0.25) is 10.2 Å². The summed E-state index contributed by atoms with van der Waals surface area (Å²) in [6.45, 7) is 1.45. The molecule has 2 aromatic heterocycles. The van der Waals surface area contributed by atoms with Crippen LogP contribution < -0.4 is 5.43 Å². The molecule has 4 aromatic rings. The fraction of sp³-hybridized carbons (Fsp3) is 0.100. The van der Waals surface area contributed by atoms with Crippen LogP contribution in [0.15, 0.2) is 78.3 Å². The molecular weight excluding hydrogens is 358 g/mol. The van der Waals surface area contributed by atoms with Crippen molar-refractivity contribution >= 4 is 28.8 Å². The van der Waals surface area contributed by atoms with Crippen LogP contribution in [0.25, 0.3) is 11.2 Å². The van der Waals surface area contributed by atoms with E-state index >= 15 is 0 Å². The maximum absolute atomic E-state index is 11.4. The summed E-state index contributed by atoms with van der Waals surface area (Å²) in [6.07, 6.45) is 3.04. The van der Waals surface area contributed by atoms with Crippen LogP contribution in [0.3, 0.4) is 0 Å². The Morgan fingerprint density at radius 2 is 1.59 bits per heavy atom. The molecule has 0 saturated heterocycles. The van der Waals surface area contributed by atoms with Crippen molar-refractivity contribution in [1.82, 2.24) is 19.6 Å². The fourth-order valence-corrected chi connectivity index (χ4v) is 4.02. The highest BCUT2D eigenvalue weighted by Gasteiger charge is 2.19. The third kappa shape index (κ3) is 3.68. The molecule has 0 fully saturated rings. The van der Waals surface area contributed by atoms with E-state index in [9.17, 15) is 4.79 Å². The molecule has 0 atom stereocenters. The zero-order valence-corrected chi connectivity index (χ0v) is 15.4. The molecule has 4 rings (SSSR count). The molecule has 0 bridgehead atoms. The Labute approximate surface area is 160 Å². The Morgan fingerprint density at radius 3 is 2.19 bits per heavy atom. The number of carbonyl (C=O) groups excluding carboxylic acids is 1. The van der Waals surface area contributed by atoms with Gasteiger partial charge < -0.3 is 0 Å². The molecule has 0 aliphatic heterocycles. The molecule has 1 N–H and O–H groups in total. The Kier molecular flexibility index (Phi) is 4.84. The molecule has 6 nitrogen and oxygen atoms in total. The number of hydrogen-bond donors (Lipinski definition) is 1. The SMILES string of the molecule is CC(=O)Nn1cnc2c(SC(c3ccccc3)c3ccccc3)ncnc21. The second-order valence-corrected chi connectivity index (χ2v) is 7.05. The van der Waals surface area contributed by atoms with E-state index in [1.54, 1.807) is 18.1 Å². The number of amides is 1. The van der Waals surface area contributed by atoms with E-state index < -0.39 is 0 Å². The third-order valence-corrected chi connectivity index (χ3v) is 5.31. The first-order chi connectivity index (χ1) is 13.2. The second-order valence-electron chi connectivity index (χ2n) is 5.95. The molecule has 1 amide bonds. The number of fused-ring (bicyclic) bond motifs is 1. The molecule has 0 aliphatic rings. The lowest BCUT2D eigenvalue weighted by molar-refractivity contribution is -0.115. The van der Waals surface area contributed by atoms with Crippen LogP contribution in [0.1, 0.15) is 23.3 Å². The highest BCUT2D eigenvalue weighted by molar-refractivity contribution is 7.99. The van der Waals surface area contributed by atoms with E-state index in [1.807, 2.05) is 36.4 Å². The molecule has 2 heterocycles. The average Bonchev–Trinajstić information content (AvgIpc) is 3.10. The van der Waals surface area contributed by atoms with E-state index in [0.717, 1.165) is 5.03 Å². The van der Waals surface area contributed by atoms with Crippen molar-refractivity contribution in [3.8, 4) is 0 Å². The fourth-order valence-electron chi connectivity index (χ4n) is 2.85. The minimum Gasteiger partial charge on any atom is -0.274 e. The predicted molar refractivity (Wildman–Crippen MR) is 106 cm³/mol. The summed E-state index contributed by atoms with van der Waals surface area (Å²) < 4.78 is 1.52. The number of nitrogens with zero attached hydrogens (tertiary/aromatic N) is 4. The lowest BCUT2D eigenvalue weighted by Gasteiger charge is -2.17. The molecule has 0 aliphatic carbocycles. The van der Waals surface area contributed by atoms with E-state index in [2.05, 4.69) is 44.6 Å². The number of carbonyl (C=O) groups is 1. The molecule has 27 heavy (non-hydrogen) atoms. The number of rotatable bonds is 5. The van der Waals surface area contributed by atoms with Crippen molar-refractivity contribution in [2.75, 3.05) is 5.43 Å². The lowest BCUT2D eigenvalue weighted by atomic mass is 10.0. The summed E-state index contributed by atoms with van der Waals surface area (Å²) in [7, 11) is 0. The van der Waals surface area contributed by atoms with E-state index in [4.69, 9.17) is 0 Å². The largest absolute Gasteiger partial charge is 0.274 e. The second kappa shape index (κ2) is 7.59. The van der Waals surface area contributed by atoms with Crippen LogP contribution in [0.2, 0.25) is 0 Å². The topological polar surface area (TPSA) is 72.7 Å². The van der Waals surface area contributed by atoms with Gasteiger partial charge in [-0.05, 0) is 11.1 Å². The first kappa shape index (κ1) is 17.2.